The Morgan fingerprint density at radius 3 is 2.77 bits per heavy atom. The van der Waals surface area contributed by atoms with E-state index in [1.807, 2.05) is 26.0 Å². The number of aliphatic hydroxyl groups excluding tert-OH is 1. The molecule has 0 saturated carbocycles. The van der Waals surface area contributed by atoms with Gasteiger partial charge < -0.3 is 5.11 Å². The van der Waals surface area contributed by atoms with Crippen LogP contribution in [0.3, 0.4) is 0 Å². The van der Waals surface area contributed by atoms with E-state index in [9.17, 15) is 4.79 Å². The van der Waals surface area contributed by atoms with Crippen molar-refractivity contribution in [1.82, 2.24) is 0 Å². The number of pyridine rings is 1. The van der Waals surface area contributed by atoms with Gasteiger partial charge in [0.15, 0.2) is 11.9 Å². The second kappa shape index (κ2) is 4.14. The van der Waals surface area contributed by atoms with Crippen molar-refractivity contribution in [2.24, 2.45) is 0 Å². The van der Waals surface area contributed by atoms with Crippen LogP contribution >= 0.6 is 0 Å². The molecule has 0 amide bonds. The average molecular weight is 180 g/mol. The van der Waals surface area contributed by atoms with Crippen molar-refractivity contribution in [3.8, 4) is 0 Å². The standard InChI is InChI=1S/C10H14NO2/c1-8-3-5-11(9(2)7-8)10(13)4-6-12/h3,5,7,12H,4,6H2,1-2H3/q+1. The number of aryl methyl sites for hydroxylation is 2. The topological polar surface area (TPSA) is 41.2 Å². The van der Waals surface area contributed by atoms with E-state index < -0.39 is 0 Å². The Morgan fingerprint density at radius 2 is 2.23 bits per heavy atom. The maximum absolute atomic E-state index is 11.4. The molecule has 0 aliphatic heterocycles. The molecule has 0 aromatic carbocycles. The van der Waals surface area contributed by atoms with Gasteiger partial charge in [0.25, 0.3) is 0 Å². The molecule has 1 rings (SSSR count). The Bertz CT molecular complexity index is 321. The van der Waals surface area contributed by atoms with Gasteiger partial charge >= 0.3 is 5.91 Å². The predicted molar refractivity (Wildman–Crippen MR) is 48.4 cm³/mol. The van der Waals surface area contributed by atoms with Crippen molar-refractivity contribution >= 4 is 5.91 Å². The lowest BCUT2D eigenvalue weighted by atomic mass is 10.2. The molecule has 0 aliphatic carbocycles. The molecular weight excluding hydrogens is 166 g/mol. The SMILES string of the molecule is Cc1cc[n+](C(=O)CCO)c(C)c1. The maximum atomic E-state index is 11.4. The largest absolute Gasteiger partial charge is 0.396 e. The predicted octanol–water partition coefficient (Wildman–Crippen LogP) is 0.614. The third-order valence-electron chi connectivity index (χ3n) is 1.90. The number of rotatable bonds is 2. The van der Waals surface area contributed by atoms with E-state index in [2.05, 4.69) is 0 Å². The van der Waals surface area contributed by atoms with E-state index in [1.54, 1.807) is 10.8 Å². The lowest BCUT2D eigenvalue weighted by molar-refractivity contribution is -0.581. The fraction of sp³-hybridized carbons (Fsp3) is 0.400. The molecule has 1 aromatic heterocycles. The van der Waals surface area contributed by atoms with Gasteiger partial charge in [0.1, 0.15) is 0 Å². The van der Waals surface area contributed by atoms with Gasteiger partial charge in [-0.1, -0.05) is 0 Å². The fourth-order valence-corrected chi connectivity index (χ4v) is 1.25. The molecule has 70 valence electrons. The maximum Gasteiger partial charge on any atom is 0.394 e. The molecule has 0 bridgehead atoms. The number of aliphatic hydroxyl groups is 1. The summed E-state index contributed by atoms with van der Waals surface area (Å²) in [7, 11) is 0. The van der Waals surface area contributed by atoms with Crippen LogP contribution in [0.15, 0.2) is 18.3 Å². The Balaban J connectivity index is 2.95. The number of aromatic nitrogens is 1. The third kappa shape index (κ3) is 2.36. The van der Waals surface area contributed by atoms with Crippen molar-refractivity contribution < 1.29 is 14.5 Å². The van der Waals surface area contributed by atoms with E-state index in [1.165, 1.54) is 0 Å². The van der Waals surface area contributed by atoms with Crippen LogP contribution in [0, 0.1) is 13.8 Å². The molecule has 1 aromatic rings. The van der Waals surface area contributed by atoms with Gasteiger partial charge in [-0.05, 0) is 12.5 Å². The molecular formula is C10H14NO2+. The molecule has 0 radical (unpaired) electrons. The lowest BCUT2D eigenvalue weighted by Gasteiger charge is -1.97. The molecule has 0 atom stereocenters. The molecule has 1 heterocycles. The minimum Gasteiger partial charge on any atom is -0.396 e. The third-order valence-corrected chi connectivity index (χ3v) is 1.90. The molecule has 13 heavy (non-hydrogen) atoms. The van der Waals surface area contributed by atoms with Gasteiger partial charge in [-0.3, -0.25) is 0 Å². The number of carbonyl (C=O) groups excluding carboxylic acids is 1. The summed E-state index contributed by atoms with van der Waals surface area (Å²) < 4.78 is 1.56. The second-order valence-electron chi connectivity index (χ2n) is 3.08. The number of nitrogens with zero attached hydrogens (tertiary/aromatic N) is 1. The molecule has 0 aliphatic rings. The summed E-state index contributed by atoms with van der Waals surface area (Å²) in [5.41, 5.74) is 2.03. The van der Waals surface area contributed by atoms with E-state index >= 15 is 0 Å². The minimum absolute atomic E-state index is 0.0694. The summed E-state index contributed by atoms with van der Waals surface area (Å²) in [5, 5.41) is 8.61. The van der Waals surface area contributed by atoms with Crippen LogP contribution in [0.1, 0.15) is 22.5 Å². The van der Waals surface area contributed by atoms with Crippen molar-refractivity contribution in [3.05, 3.63) is 29.6 Å². The fourth-order valence-electron chi connectivity index (χ4n) is 1.25. The zero-order chi connectivity index (χ0) is 9.84. The highest BCUT2D eigenvalue weighted by atomic mass is 16.3. The lowest BCUT2D eigenvalue weighted by Crippen LogP contribution is -2.45. The summed E-state index contributed by atoms with van der Waals surface area (Å²) in [6, 6.07) is 3.82. The van der Waals surface area contributed by atoms with Crippen LogP contribution in [0.25, 0.3) is 0 Å². The summed E-state index contributed by atoms with van der Waals surface area (Å²) >= 11 is 0. The first-order chi connectivity index (χ1) is 6.15. The number of hydrogen-bond donors (Lipinski definition) is 1. The highest BCUT2D eigenvalue weighted by molar-refractivity contribution is 5.67. The summed E-state index contributed by atoms with van der Waals surface area (Å²) in [4.78, 5) is 11.4. The van der Waals surface area contributed by atoms with E-state index in [0.29, 0.717) is 0 Å². The monoisotopic (exact) mass is 180 g/mol. The molecule has 0 fully saturated rings. The Hall–Kier alpha value is -1.22. The quantitative estimate of drug-likeness (QED) is 0.678. The minimum atomic E-state index is -0.0981. The van der Waals surface area contributed by atoms with Gasteiger partial charge in [-0.2, -0.15) is 0 Å². The van der Waals surface area contributed by atoms with E-state index in [4.69, 9.17) is 5.11 Å². The summed E-state index contributed by atoms with van der Waals surface area (Å²) in [5.74, 6) is -0.0694. The second-order valence-corrected chi connectivity index (χ2v) is 3.08. The van der Waals surface area contributed by atoms with Crippen LogP contribution in [0.2, 0.25) is 0 Å². The highest BCUT2D eigenvalue weighted by Gasteiger charge is 2.15. The molecule has 3 nitrogen and oxygen atoms in total. The van der Waals surface area contributed by atoms with Crippen LogP contribution < -0.4 is 4.57 Å². The zero-order valence-corrected chi connectivity index (χ0v) is 7.95. The summed E-state index contributed by atoms with van der Waals surface area (Å²) in [6.07, 6.45) is 1.91. The number of hydrogen-bond acceptors (Lipinski definition) is 2. The molecule has 1 N–H and O–H groups in total. The normalized spacial score (nSPS) is 10.1. The van der Waals surface area contributed by atoms with Crippen molar-refractivity contribution in [2.75, 3.05) is 6.61 Å². The molecule has 0 unspecified atom stereocenters. The Labute approximate surface area is 77.6 Å². The first-order valence-corrected chi connectivity index (χ1v) is 4.28. The van der Waals surface area contributed by atoms with Crippen LogP contribution in [0.5, 0.6) is 0 Å². The smallest absolute Gasteiger partial charge is 0.394 e. The first-order valence-electron chi connectivity index (χ1n) is 4.28. The zero-order valence-electron chi connectivity index (χ0n) is 7.95. The molecule has 0 saturated heterocycles. The van der Waals surface area contributed by atoms with Crippen molar-refractivity contribution in [3.63, 3.8) is 0 Å². The van der Waals surface area contributed by atoms with Gasteiger partial charge in [-0.15, -0.1) is 4.57 Å². The molecule has 0 spiro atoms. The first kappa shape index (κ1) is 9.86. The van der Waals surface area contributed by atoms with Gasteiger partial charge in [-0.25, -0.2) is 4.79 Å². The van der Waals surface area contributed by atoms with Gasteiger partial charge in [0.05, 0.1) is 13.0 Å². The van der Waals surface area contributed by atoms with Crippen LogP contribution in [0.4, 0.5) is 0 Å². The van der Waals surface area contributed by atoms with E-state index in [0.717, 1.165) is 11.3 Å². The highest BCUT2D eigenvalue weighted by Crippen LogP contribution is 1.96. The Morgan fingerprint density at radius 1 is 1.54 bits per heavy atom. The average Bonchev–Trinajstić information content (AvgIpc) is 2.04. The van der Waals surface area contributed by atoms with Crippen LogP contribution in [-0.2, 0) is 0 Å². The van der Waals surface area contributed by atoms with Crippen molar-refractivity contribution in [2.45, 2.75) is 20.3 Å². The molecule has 3 heteroatoms. The summed E-state index contributed by atoms with van der Waals surface area (Å²) in [6.45, 7) is 3.76. The van der Waals surface area contributed by atoms with Crippen LogP contribution in [-0.4, -0.2) is 17.6 Å². The Kier molecular flexibility index (Phi) is 3.14. The number of carbonyl (C=O) groups is 1. The van der Waals surface area contributed by atoms with Gasteiger partial charge in [0, 0.05) is 19.1 Å². The van der Waals surface area contributed by atoms with Crippen molar-refractivity contribution in [1.29, 1.82) is 0 Å². The van der Waals surface area contributed by atoms with E-state index in [-0.39, 0.29) is 18.9 Å². The van der Waals surface area contributed by atoms with Gasteiger partial charge in [0.2, 0.25) is 0 Å².